The van der Waals surface area contributed by atoms with Gasteiger partial charge in [0.05, 0.1) is 46.6 Å². The van der Waals surface area contributed by atoms with Crippen LogP contribution in [0.4, 0.5) is 0 Å². The molecule has 0 bridgehead atoms. The summed E-state index contributed by atoms with van der Waals surface area (Å²) in [5.74, 6) is 0. The molecule has 1 heterocycles. The van der Waals surface area contributed by atoms with E-state index in [0.29, 0.717) is 0 Å². The van der Waals surface area contributed by atoms with Gasteiger partial charge in [-0.15, -0.1) is 0 Å². The van der Waals surface area contributed by atoms with E-state index in [1.54, 1.807) is 0 Å². The summed E-state index contributed by atoms with van der Waals surface area (Å²) >= 11 is 0. The molecule has 12 rings (SSSR count). The van der Waals surface area contributed by atoms with Gasteiger partial charge in [0.15, 0.2) is 0 Å². The molecule has 11 aromatic carbocycles. The van der Waals surface area contributed by atoms with E-state index < -0.39 is 326 Å². The lowest BCUT2D eigenvalue weighted by atomic mass is 9.83. The second-order valence-electron chi connectivity index (χ2n) is 12.5. The normalized spacial score (nSPS) is 20.2. The van der Waals surface area contributed by atoms with Crippen LogP contribution in [0.1, 0.15) is 46.6 Å². The number of rotatable bonds is 4. The highest BCUT2D eigenvalue weighted by atomic mass is 16.3. The third-order valence-electron chi connectivity index (χ3n) is 9.45. The summed E-state index contributed by atoms with van der Waals surface area (Å²) in [5.41, 5.74) is -8.53. The van der Waals surface area contributed by atoms with Crippen molar-refractivity contribution in [3.63, 3.8) is 0 Å². The average Bonchev–Trinajstić information content (AvgIpc) is 1.18. The van der Waals surface area contributed by atoms with Gasteiger partial charge in [0.1, 0.15) is 11.2 Å². The molecule has 0 aliphatic heterocycles. The molecule has 0 saturated heterocycles. The van der Waals surface area contributed by atoms with Crippen LogP contribution in [-0.2, 0) is 0 Å². The number of fused-ring (bicyclic) bond motifs is 8. The summed E-state index contributed by atoms with van der Waals surface area (Å²) in [5, 5.41) is -9.24. The van der Waals surface area contributed by atoms with Crippen LogP contribution >= 0.6 is 0 Å². The van der Waals surface area contributed by atoms with Gasteiger partial charge in [-0.25, -0.2) is 0 Å². The Morgan fingerprint density at radius 3 is 1.54 bits per heavy atom. The fourth-order valence-electron chi connectivity index (χ4n) is 7.05. The third kappa shape index (κ3) is 4.96. The van der Waals surface area contributed by atoms with Crippen molar-refractivity contribution in [2.45, 2.75) is 0 Å². The smallest absolute Gasteiger partial charge is 0.136 e. The molecule has 1 nitrogen and oxygen atoms in total. The van der Waals surface area contributed by atoms with Crippen molar-refractivity contribution >= 4 is 75.8 Å². The lowest BCUT2D eigenvalue weighted by molar-refractivity contribution is 0.669. The summed E-state index contributed by atoms with van der Waals surface area (Å²) in [7, 11) is 0. The maximum atomic E-state index is 10.4. The van der Waals surface area contributed by atoms with Crippen LogP contribution in [0, 0.1) is 0 Å². The minimum atomic E-state index is -1.22. The molecule has 0 unspecified atom stereocenters. The SMILES string of the molecule is [2H]c1c(-c2c([2H])c(-c3c4c([2H])c([2H])c([2H])c([2H])c4c(-c4c([2H])c([2H])c([2H])c5c([2H])c([2H])c([2H])c([2H])c45)c4c([2H])c([2H])c([2H])c([2H])c34)c3c([2H])c([2H])c([2H])c([2H])c3c2[2H])c([2H])c2c(oc3c([2H])c([2H])c([2H])c(-c4c([2H])c([2H])c5c([2H])c([2H])c([2H])c([2H])c5c4[2H])c32)c1[2H]. The summed E-state index contributed by atoms with van der Waals surface area (Å²) < 4.78 is 319. The van der Waals surface area contributed by atoms with Crippen molar-refractivity contribution in [1.82, 2.24) is 0 Å². The quantitative estimate of drug-likeness (QED) is 0.163. The van der Waals surface area contributed by atoms with Crippen molar-refractivity contribution in [3.8, 4) is 44.5 Å². The Balaban J connectivity index is 1.37. The molecule has 1 heteroatoms. The van der Waals surface area contributed by atoms with Crippen LogP contribution in [0.2, 0.25) is 0 Å². The minimum Gasteiger partial charge on any atom is -0.456 e. The second kappa shape index (κ2) is 12.5. The molecule has 0 N–H and O–H groups in total. The largest absolute Gasteiger partial charge is 0.456 e. The summed E-state index contributed by atoms with van der Waals surface area (Å²) in [6.45, 7) is 0. The first kappa shape index (κ1) is 13.0. The standard InChI is InChI=1S/C56H34O/c1-2-15-37-31-40(28-27-35(37)13-1)44-24-12-26-53-56(44)51-33-38(29-30-52(51)57-53)41-32-39-16-4-6-19-43(39)50(34-41)55-48-22-9-7-20-46(48)54(47-21-8-10-23-49(47)55)45-25-11-17-36-14-3-5-18-42(36)45/h1-34H/i1D,2D,3D,4D,5D,6D,7D,8D,9D,10D,11D,12D,13D,14D,15D,16D,17D,18D,19D,20D,21D,22D,23D,24D,25D,26D,27D,28D,29D,30D,31D,32D,33D,34D. The Bertz CT molecular complexity index is 5480. The van der Waals surface area contributed by atoms with E-state index in [1.807, 2.05) is 0 Å². The minimum absolute atomic E-state index is 0.587. The van der Waals surface area contributed by atoms with E-state index in [9.17, 15) is 21.9 Å². The van der Waals surface area contributed by atoms with Crippen molar-refractivity contribution in [1.29, 1.82) is 0 Å². The Labute approximate surface area is 377 Å². The van der Waals surface area contributed by atoms with Crippen molar-refractivity contribution in [2.75, 3.05) is 0 Å². The molecule has 0 radical (unpaired) electrons. The van der Waals surface area contributed by atoms with Gasteiger partial charge in [-0.05, 0) is 135 Å². The Morgan fingerprint density at radius 1 is 0.281 bits per heavy atom. The topological polar surface area (TPSA) is 13.1 Å². The Kier molecular flexibility index (Phi) is 2.87. The van der Waals surface area contributed by atoms with Gasteiger partial charge < -0.3 is 4.42 Å². The van der Waals surface area contributed by atoms with E-state index >= 15 is 0 Å². The van der Waals surface area contributed by atoms with Crippen LogP contribution in [0.3, 0.4) is 0 Å². The van der Waals surface area contributed by atoms with Crippen LogP contribution in [0.15, 0.2) is 210 Å². The van der Waals surface area contributed by atoms with Crippen LogP contribution in [0.25, 0.3) is 120 Å². The maximum Gasteiger partial charge on any atom is 0.136 e. The Hall–Kier alpha value is -7.48. The molecule has 264 valence electrons. The molecule has 0 fully saturated rings. The molecular weight excluding hydrogens is 689 g/mol. The third-order valence-corrected chi connectivity index (χ3v) is 9.45. The van der Waals surface area contributed by atoms with Gasteiger partial charge in [-0.2, -0.15) is 0 Å². The fourth-order valence-corrected chi connectivity index (χ4v) is 7.05. The highest BCUT2D eigenvalue weighted by Gasteiger charge is 2.21. The molecule has 0 atom stereocenters. The van der Waals surface area contributed by atoms with Gasteiger partial charge >= 0.3 is 0 Å². The van der Waals surface area contributed by atoms with Gasteiger partial charge in [0.25, 0.3) is 0 Å². The van der Waals surface area contributed by atoms with Crippen molar-refractivity contribution in [3.05, 3.63) is 205 Å². The Morgan fingerprint density at radius 2 is 0.807 bits per heavy atom. The molecule has 0 saturated carbocycles. The van der Waals surface area contributed by atoms with Crippen molar-refractivity contribution < 1.29 is 51.0 Å². The van der Waals surface area contributed by atoms with Crippen LogP contribution in [-0.4, -0.2) is 0 Å². The lowest BCUT2D eigenvalue weighted by Crippen LogP contribution is -1.93. The van der Waals surface area contributed by atoms with E-state index in [-0.39, 0.29) is 0 Å². The number of hydrogen-bond acceptors (Lipinski definition) is 1. The summed E-state index contributed by atoms with van der Waals surface area (Å²) in [4.78, 5) is 0. The molecule has 0 spiro atoms. The molecule has 1 aromatic heterocycles. The number of benzene rings is 11. The first-order valence-corrected chi connectivity index (χ1v) is 16.9. The zero-order valence-corrected chi connectivity index (χ0v) is 28.4. The molecular formula is C56H34O. The molecule has 57 heavy (non-hydrogen) atoms. The van der Waals surface area contributed by atoms with E-state index in [1.165, 1.54) is 0 Å². The number of hydrogen-bond donors (Lipinski definition) is 0. The molecule has 0 amide bonds. The molecule has 0 aliphatic rings. The fraction of sp³-hybridized carbons (Fsp3) is 0. The highest BCUT2D eigenvalue weighted by molar-refractivity contribution is 6.25. The zero-order chi connectivity index (χ0) is 67.0. The highest BCUT2D eigenvalue weighted by Crippen LogP contribution is 2.48. The van der Waals surface area contributed by atoms with Gasteiger partial charge in [0.2, 0.25) is 0 Å². The van der Waals surface area contributed by atoms with Gasteiger partial charge in [-0.1, -0.05) is 169 Å². The second-order valence-corrected chi connectivity index (χ2v) is 12.5. The maximum absolute atomic E-state index is 10.4. The first-order valence-electron chi connectivity index (χ1n) is 33.9. The lowest BCUT2D eigenvalue weighted by Gasteiger charge is -2.20. The van der Waals surface area contributed by atoms with Gasteiger partial charge in [-0.3, -0.25) is 0 Å². The zero-order valence-electron chi connectivity index (χ0n) is 62.4. The predicted octanol–water partition coefficient (Wildman–Crippen LogP) is 16.0. The summed E-state index contributed by atoms with van der Waals surface area (Å²) in [6, 6.07) is -34.5. The predicted molar refractivity (Wildman–Crippen MR) is 243 cm³/mol. The molecule has 0 aliphatic carbocycles. The van der Waals surface area contributed by atoms with Gasteiger partial charge in [0, 0.05) is 10.8 Å². The average molecular weight is 757 g/mol. The van der Waals surface area contributed by atoms with Crippen LogP contribution in [0.5, 0.6) is 0 Å². The van der Waals surface area contributed by atoms with Crippen molar-refractivity contribution in [2.24, 2.45) is 0 Å². The van der Waals surface area contributed by atoms with Crippen LogP contribution < -0.4 is 0 Å². The number of furan rings is 1. The van der Waals surface area contributed by atoms with E-state index in [0.717, 1.165) is 0 Å². The van der Waals surface area contributed by atoms with E-state index in [2.05, 4.69) is 0 Å². The first-order chi connectivity index (χ1) is 42.4. The summed E-state index contributed by atoms with van der Waals surface area (Å²) in [6.07, 6.45) is 0. The van der Waals surface area contributed by atoms with E-state index in [4.69, 9.17) is 29.1 Å². The molecule has 12 aromatic rings. The monoisotopic (exact) mass is 756 g/mol.